The Morgan fingerprint density at radius 1 is 0.977 bits per heavy atom. The molecule has 3 amide bonds. The van der Waals surface area contributed by atoms with Crippen LogP contribution in [0, 0.1) is 12.3 Å². The molecule has 3 atom stereocenters. The van der Waals surface area contributed by atoms with Crippen molar-refractivity contribution in [3.05, 3.63) is 70.3 Å². The quantitative estimate of drug-likeness (QED) is 0.329. The summed E-state index contributed by atoms with van der Waals surface area (Å²) < 4.78 is 84.1. The second kappa shape index (κ2) is 12.2. The van der Waals surface area contributed by atoms with Crippen LogP contribution in [0.3, 0.4) is 0 Å². The predicted octanol–water partition coefficient (Wildman–Crippen LogP) is 4.01. The number of alkyl halides is 6. The van der Waals surface area contributed by atoms with Crippen LogP contribution in [0.5, 0.6) is 0 Å². The highest BCUT2D eigenvalue weighted by molar-refractivity contribution is 5.87. The van der Waals surface area contributed by atoms with Crippen molar-refractivity contribution in [3.63, 3.8) is 0 Å². The van der Waals surface area contributed by atoms with E-state index in [0.717, 1.165) is 0 Å². The predicted molar refractivity (Wildman–Crippen MR) is 146 cm³/mol. The van der Waals surface area contributed by atoms with E-state index in [0.29, 0.717) is 23.3 Å². The van der Waals surface area contributed by atoms with Crippen LogP contribution < -0.4 is 5.32 Å². The number of carbonyl (C=O) groups excluding carboxylic acids is 2. The average Bonchev–Trinajstić information content (AvgIpc) is 3.24. The molecule has 2 unspecified atom stereocenters. The molecule has 0 radical (unpaired) electrons. The number of amides is 3. The Bertz CT molecular complexity index is 1350. The third-order valence-electron chi connectivity index (χ3n) is 9.14. The van der Waals surface area contributed by atoms with Crippen molar-refractivity contribution in [1.29, 1.82) is 0 Å². The van der Waals surface area contributed by atoms with Gasteiger partial charge in [0, 0.05) is 39.3 Å². The number of halogens is 6. The molecule has 14 heteroatoms. The number of fused-ring (bicyclic) bond motifs is 1. The standard InChI is InChI=1S/C30H35F6N3O5/c1-18-5-3-4-6-22(18)28(23(17-42)19-13-20(29(31,32)33)15-21(14-19)30(34,35)36)24-16-27(7-11-40,8-12-41)25(43)38(24)9-10-39(28)26(44)37-2/h3-6,13-15,23-24,40-42H,7-12,16-17H2,1-2H3,(H,37,44)/t23-,24?,28?/m1/s1. The molecule has 0 saturated carbocycles. The van der Waals surface area contributed by atoms with Crippen LogP contribution in [0.2, 0.25) is 0 Å². The fraction of sp³-hybridized carbons (Fsp3) is 0.533. The largest absolute Gasteiger partial charge is 0.416 e. The number of aryl methyl sites for hydroxylation is 1. The monoisotopic (exact) mass is 631 g/mol. The van der Waals surface area contributed by atoms with Crippen molar-refractivity contribution >= 4 is 11.9 Å². The molecule has 2 aliphatic heterocycles. The van der Waals surface area contributed by atoms with Gasteiger partial charge in [0.05, 0.1) is 34.7 Å². The lowest BCUT2D eigenvalue weighted by atomic mass is 9.64. The van der Waals surface area contributed by atoms with Crippen LogP contribution in [0.4, 0.5) is 31.1 Å². The van der Waals surface area contributed by atoms with E-state index in [1.807, 2.05) is 0 Å². The minimum Gasteiger partial charge on any atom is -0.396 e. The van der Waals surface area contributed by atoms with E-state index < -0.39 is 83.7 Å². The molecule has 2 heterocycles. The SMILES string of the molecule is CNC(=O)N1CCN2C(=O)C(CCO)(CCO)CC2C1(c1ccccc1C)[C@H](CO)c1cc(C(F)(F)F)cc(C(F)(F)F)c1. The molecule has 0 aliphatic carbocycles. The van der Waals surface area contributed by atoms with Crippen molar-refractivity contribution in [2.24, 2.45) is 5.41 Å². The van der Waals surface area contributed by atoms with Gasteiger partial charge in [-0.05, 0) is 61.1 Å². The number of piperazine rings is 1. The first-order valence-electron chi connectivity index (χ1n) is 14.1. The van der Waals surface area contributed by atoms with Gasteiger partial charge < -0.3 is 30.4 Å². The normalized spacial score (nSPS) is 22.6. The van der Waals surface area contributed by atoms with E-state index in [2.05, 4.69) is 5.32 Å². The first-order chi connectivity index (χ1) is 20.6. The molecule has 2 fully saturated rings. The number of hydrogen-bond acceptors (Lipinski definition) is 5. The Hall–Kier alpha value is -3.36. The van der Waals surface area contributed by atoms with Gasteiger partial charge >= 0.3 is 18.4 Å². The van der Waals surface area contributed by atoms with E-state index in [1.54, 1.807) is 31.2 Å². The van der Waals surface area contributed by atoms with Gasteiger partial charge in [0.1, 0.15) is 0 Å². The number of aliphatic hydroxyl groups excluding tert-OH is 3. The zero-order valence-corrected chi connectivity index (χ0v) is 24.2. The summed E-state index contributed by atoms with van der Waals surface area (Å²) in [4.78, 5) is 30.4. The summed E-state index contributed by atoms with van der Waals surface area (Å²) in [6.45, 7) is -0.412. The van der Waals surface area contributed by atoms with Crippen LogP contribution in [-0.4, -0.2) is 83.1 Å². The number of benzene rings is 2. The molecule has 2 aromatic carbocycles. The highest BCUT2D eigenvalue weighted by Gasteiger charge is 2.65. The van der Waals surface area contributed by atoms with Gasteiger partial charge in [0.2, 0.25) is 5.91 Å². The summed E-state index contributed by atoms with van der Waals surface area (Å²) in [6.07, 6.45) is -10.6. The van der Waals surface area contributed by atoms with Gasteiger partial charge in [0.15, 0.2) is 0 Å². The summed E-state index contributed by atoms with van der Waals surface area (Å²) in [6, 6.07) is 5.80. The molecule has 4 rings (SSSR count). The zero-order chi connectivity index (χ0) is 32.7. The molecule has 44 heavy (non-hydrogen) atoms. The molecule has 4 N–H and O–H groups in total. The lowest BCUT2D eigenvalue weighted by Gasteiger charge is -2.58. The molecule has 2 aromatic rings. The molecule has 0 bridgehead atoms. The number of nitrogens with one attached hydrogen (secondary N) is 1. The van der Waals surface area contributed by atoms with Crippen molar-refractivity contribution in [1.82, 2.24) is 15.1 Å². The minimum absolute atomic E-state index is 0.00527. The maximum absolute atomic E-state index is 14.0. The van der Waals surface area contributed by atoms with Gasteiger partial charge in [-0.2, -0.15) is 26.3 Å². The van der Waals surface area contributed by atoms with E-state index in [-0.39, 0.29) is 38.4 Å². The molecule has 2 aliphatic rings. The average molecular weight is 632 g/mol. The lowest BCUT2D eigenvalue weighted by Crippen LogP contribution is -2.70. The summed E-state index contributed by atoms with van der Waals surface area (Å²) in [5.74, 6) is -2.05. The number of urea groups is 1. The van der Waals surface area contributed by atoms with E-state index in [1.165, 1.54) is 16.8 Å². The van der Waals surface area contributed by atoms with Crippen molar-refractivity contribution < 1.29 is 51.3 Å². The molecule has 0 aromatic heterocycles. The second-order valence-corrected chi connectivity index (χ2v) is 11.4. The van der Waals surface area contributed by atoms with E-state index in [4.69, 9.17) is 0 Å². The highest BCUT2D eigenvalue weighted by atomic mass is 19.4. The van der Waals surface area contributed by atoms with Gasteiger partial charge in [-0.1, -0.05) is 24.3 Å². The third kappa shape index (κ3) is 5.51. The van der Waals surface area contributed by atoms with Gasteiger partial charge in [0.25, 0.3) is 0 Å². The van der Waals surface area contributed by atoms with Crippen molar-refractivity contribution in [2.45, 2.75) is 56.0 Å². The minimum atomic E-state index is -5.17. The topological polar surface area (TPSA) is 113 Å². The van der Waals surface area contributed by atoms with Crippen molar-refractivity contribution in [2.75, 3.05) is 40.0 Å². The maximum Gasteiger partial charge on any atom is 0.416 e. The van der Waals surface area contributed by atoms with E-state index in [9.17, 15) is 51.3 Å². The number of nitrogens with zero attached hydrogens (tertiary/aromatic N) is 2. The van der Waals surface area contributed by atoms with Gasteiger partial charge in [-0.25, -0.2) is 4.79 Å². The first-order valence-corrected chi connectivity index (χ1v) is 14.1. The first kappa shape index (κ1) is 33.5. The van der Waals surface area contributed by atoms with Gasteiger partial charge in [-0.3, -0.25) is 4.79 Å². The fourth-order valence-electron chi connectivity index (χ4n) is 7.25. The lowest BCUT2D eigenvalue weighted by molar-refractivity contribution is -0.143. The Kier molecular flexibility index (Phi) is 9.30. The van der Waals surface area contributed by atoms with Crippen LogP contribution >= 0.6 is 0 Å². The van der Waals surface area contributed by atoms with Crippen LogP contribution in [0.25, 0.3) is 0 Å². The summed E-state index contributed by atoms with van der Waals surface area (Å²) >= 11 is 0. The van der Waals surface area contributed by atoms with Crippen LogP contribution in [-0.2, 0) is 22.7 Å². The zero-order valence-electron chi connectivity index (χ0n) is 24.2. The maximum atomic E-state index is 14.0. The molecule has 2 saturated heterocycles. The number of aliphatic hydroxyl groups is 3. The summed E-state index contributed by atoms with van der Waals surface area (Å²) in [7, 11) is 1.32. The second-order valence-electron chi connectivity index (χ2n) is 11.4. The third-order valence-corrected chi connectivity index (χ3v) is 9.14. The van der Waals surface area contributed by atoms with E-state index >= 15 is 0 Å². The molecule has 8 nitrogen and oxygen atoms in total. The Morgan fingerprint density at radius 3 is 2.02 bits per heavy atom. The number of hydrogen-bond donors (Lipinski definition) is 4. The van der Waals surface area contributed by atoms with Crippen LogP contribution in [0.15, 0.2) is 42.5 Å². The molecular weight excluding hydrogens is 596 g/mol. The fourth-order valence-corrected chi connectivity index (χ4v) is 7.25. The number of carbonyl (C=O) groups is 2. The molecule has 0 spiro atoms. The summed E-state index contributed by atoms with van der Waals surface area (Å²) in [5, 5.41) is 33.3. The number of rotatable bonds is 8. The Labute approximate surface area is 250 Å². The Balaban J connectivity index is 2.14. The smallest absolute Gasteiger partial charge is 0.396 e. The summed E-state index contributed by atoms with van der Waals surface area (Å²) in [5.41, 5.74) is -6.07. The molecule has 242 valence electrons. The molecular formula is C30H35F6N3O5. The van der Waals surface area contributed by atoms with Crippen molar-refractivity contribution in [3.8, 4) is 0 Å². The Morgan fingerprint density at radius 2 is 1.55 bits per heavy atom. The van der Waals surface area contributed by atoms with Crippen LogP contribution in [0.1, 0.15) is 53.0 Å². The van der Waals surface area contributed by atoms with Gasteiger partial charge in [-0.15, -0.1) is 0 Å². The highest BCUT2D eigenvalue weighted by Crippen LogP contribution is 2.57.